The van der Waals surface area contributed by atoms with E-state index in [2.05, 4.69) is 4.74 Å². The average molecular weight is 228 g/mol. The number of thiophene rings is 1. The summed E-state index contributed by atoms with van der Waals surface area (Å²) in [5.74, 6) is -0.816. The summed E-state index contributed by atoms with van der Waals surface area (Å²) in [5, 5.41) is 10.0. The zero-order chi connectivity index (χ0) is 11.4. The van der Waals surface area contributed by atoms with E-state index in [-0.39, 0.29) is 5.97 Å². The molecule has 84 valence electrons. The first-order chi connectivity index (χ1) is 7.10. The van der Waals surface area contributed by atoms with Gasteiger partial charge in [-0.3, -0.25) is 4.79 Å². The molecular formula is C11H16O3S. The Bertz CT molecular complexity index is 332. The first-order valence-corrected chi connectivity index (χ1v) is 5.74. The Balaban J connectivity index is 2.81. The van der Waals surface area contributed by atoms with Crippen LogP contribution in [-0.4, -0.2) is 18.2 Å². The molecule has 0 aliphatic heterocycles. The van der Waals surface area contributed by atoms with E-state index in [1.54, 1.807) is 0 Å². The van der Waals surface area contributed by atoms with Crippen molar-refractivity contribution in [3.63, 3.8) is 0 Å². The Kier molecular flexibility index (Phi) is 4.29. The molecule has 1 N–H and O–H groups in total. The standard InChI is InChI=1S/C11H16O3S/c1-4-8(11(13)14-3)10(12)9-6-5-7(2)15-9/h5-6,8,10,12H,4H2,1-3H3. The number of hydrogen-bond acceptors (Lipinski definition) is 4. The van der Waals surface area contributed by atoms with Crippen molar-refractivity contribution in [2.45, 2.75) is 26.4 Å². The maximum Gasteiger partial charge on any atom is 0.311 e. The summed E-state index contributed by atoms with van der Waals surface area (Å²) in [6.45, 7) is 3.84. The lowest BCUT2D eigenvalue weighted by molar-refractivity contribution is -0.149. The number of aryl methyl sites for hydroxylation is 1. The number of carbonyl (C=O) groups excluding carboxylic acids is 1. The second kappa shape index (κ2) is 5.28. The van der Waals surface area contributed by atoms with Crippen LogP contribution < -0.4 is 0 Å². The Labute approximate surface area is 93.7 Å². The molecule has 2 unspecified atom stereocenters. The molecular weight excluding hydrogens is 212 g/mol. The first-order valence-electron chi connectivity index (χ1n) is 4.92. The van der Waals surface area contributed by atoms with Gasteiger partial charge in [0.15, 0.2) is 0 Å². The minimum atomic E-state index is -0.749. The molecule has 0 radical (unpaired) electrons. The summed E-state index contributed by atoms with van der Waals surface area (Å²) >= 11 is 1.51. The highest BCUT2D eigenvalue weighted by atomic mass is 32.1. The van der Waals surface area contributed by atoms with Crippen molar-refractivity contribution < 1.29 is 14.6 Å². The van der Waals surface area contributed by atoms with E-state index < -0.39 is 12.0 Å². The Hall–Kier alpha value is -0.870. The molecule has 4 heteroatoms. The van der Waals surface area contributed by atoms with Gasteiger partial charge in [-0.1, -0.05) is 6.92 Å². The molecule has 1 rings (SSSR count). The van der Waals surface area contributed by atoms with Crippen LogP contribution in [0, 0.1) is 12.8 Å². The number of esters is 1. The highest BCUT2D eigenvalue weighted by Gasteiger charge is 2.27. The van der Waals surface area contributed by atoms with Crippen molar-refractivity contribution in [1.82, 2.24) is 0 Å². The molecule has 0 aliphatic rings. The second-order valence-corrected chi connectivity index (χ2v) is 4.75. The minimum absolute atomic E-state index is 0.351. The molecule has 1 aromatic rings. The molecule has 0 spiro atoms. The Morgan fingerprint density at radius 3 is 2.67 bits per heavy atom. The molecule has 0 fully saturated rings. The lowest BCUT2D eigenvalue weighted by atomic mass is 9.98. The number of hydrogen-bond donors (Lipinski definition) is 1. The summed E-state index contributed by atoms with van der Waals surface area (Å²) in [7, 11) is 1.34. The van der Waals surface area contributed by atoms with E-state index >= 15 is 0 Å². The highest BCUT2D eigenvalue weighted by Crippen LogP contribution is 2.30. The molecule has 0 saturated heterocycles. The predicted octanol–water partition coefficient (Wildman–Crippen LogP) is 2.29. The molecule has 0 bridgehead atoms. The normalized spacial score (nSPS) is 14.7. The lowest BCUT2D eigenvalue weighted by Crippen LogP contribution is -2.22. The van der Waals surface area contributed by atoms with Gasteiger partial charge in [-0.05, 0) is 25.5 Å². The third kappa shape index (κ3) is 2.79. The van der Waals surface area contributed by atoms with Crippen molar-refractivity contribution in [3.8, 4) is 0 Å². The summed E-state index contributed by atoms with van der Waals surface area (Å²) in [6, 6.07) is 3.80. The van der Waals surface area contributed by atoms with Crippen LogP contribution in [0.3, 0.4) is 0 Å². The Morgan fingerprint density at radius 2 is 2.27 bits per heavy atom. The number of aliphatic hydroxyl groups excluding tert-OH is 1. The first kappa shape index (κ1) is 12.2. The van der Waals surface area contributed by atoms with Crippen LogP contribution >= 0.6 is 11.3 Å². The molecule has 1 heterocycles. The largest absolute Gasteiger partial charge is 0.469 e. The number of rotatable bonds is 4. The average Bonchev–Trinajstić information content (AvgIpc) is 2.65. The van der Waals surface area contributed by atoms with Gasteiger partial charge in [0, 0.05) is 9.75 Å². The summed E-state index contributed by atoms with van der Waals surface area (Å²) < 4.78 is 4.66. The van der Waals surface area contributed by atoms with E-state index in [0.717, 1.165) is 9.75 Å². The van der Waals surface area contributed by atoms with Gasteiger partial charge < -0.3 is 9.84 Å². The van der Waals surface area contributed by atoms with Crippen LogP contribution in [0.15, 0.2) is 12.1 Å². The van der Waals surface area contributed by atoms with Crippen molar-refractivity contribution in [2.75, 3.05) is 7.11 Å². The van der Waals surface area contributed by atoms with Crippen molar-refractivity contribution in [1.29, 1.82) is 0 Å². The van der Waals surface area contributed by atoms with E-state index in [1.807, 2.05) is 26.0 Å². The van der Waals surface area contributed by atoms with Crippen molar-refractivity contribution >= 4 is 17.3 Å². The van der Waals surface area contributed by atoms with Gasteiger partial charge in [0.2, 0.25) is 0 Å². The number of carbonyl (C=O) groups is 1. The van der Waals surface area contributed by atoms with Crippen LogP contribution in [0.2, 0.25) is 0 Å². The van der Waals surface area contributed by atoms with Crippen molar-refractivity contribution in [3.05, 3.63) is 21.9 Å². The molecule has 15 heavy (non-hydrogen) atoms. The van der Waals surface area contributed by atoms with Gasteiger partial charge in [0.1, 0.15) is 6.10 Å². The molecule has 0 aromatic carbocycles. The van der Waals surface area contributed by atoms with E-state index in [9.17, 15) is 9.90 Å². The Morgan fingerprint density at radius 1 is 1.60 bits per heavy atom. The number of methoxy groups -OCH3 is 1. The summed E-state index contributed by atoms with van der Waals surface area (Å²) in [4.78, 5) is 13.3. The SMILES string of the molecule is CCC(C(=O)OC)C(O)c1ccc(C)s1. The monoisotopic (exact) mass is 228 g/mol. The molecule has 0 aliphatic carbocycles. The third-order valence-electron chi connectivity index (χ3n) is 2.38. The molecule has 0 saturated carbocycles. The lowest BCUT2D eigenvalue weighted by Gasteiger charge is -2.17. The smallest absolute Gasteiger partial charge is 0.311 e. The van der Waals surface area contributed by atoms with Crippen LogP contribution in [0.1, 0.15) is 29.2 Å². The van der Waals surface area contributed by atoms with E-state index in [4.69, 9.17) is 0 Å². The fraction of sp³-hybridized carbons (Fsp3) is 0.545. The van der Waals surface area contributed by atoms with E-state index in [1.165, 1.54) is 18.4 Å². The quantitative estimate of drug-likeness (QED) is 0.804. The third-order valence-corrected chi connectivity index (χ3v) is 3.45. The van der Waals surface area contributed by atoms with E-state index in [0.29, 0.717) is 6.42 Å². The highest BCUT2D eigenvalue weighted by molar-refractivity contribution is 7.12. The zero-order valence-electron chi connectivity index (χ0n) is 9.19. The van der Waals surface area contributed by atoms with Crippen LogP contribution in [0.5, 0.6) is 0 Å². The van der Waals surface area contributed by atoms with Gasteiger partial charge in [0.25, 0.3) is 0 Å². The van der Waals surface area contributed by atoms with Gasteiger partial charge >= 0.3 is 5.97 Å². The maximum absolute atomic E-state index is 11.4. The van der Waals surface area contributed by atoms with Gasteiger partial charge in [-0.15, -0.1) is 11.3 Å². The number of aliphatic hydroxyl groups is 1. The summed E-state index contributed by atoms with van der Waals surface area (Å²) in [5.41, 5.74) is 0. The van der Waals surface area contributed by atoms with Crippen LogP contribution in [0.4, 0.5) is 0 Å². The topological polar surface area (TPSA) is 46.5 Å². The van der Waals surface area contributed by atoms with Gasteiger partial charge in [0.05, 0.1) is 13.0 Å². The fourth-order valence-corrected chi connectivity index (χ4v) is 2.41. The van der Waals surface area contributed by atoms with Crippen LogP contribution in [0.25, 0.3) is 0 Å². The molecule has 1 aromatic heterocycles. The zero-order valence-corrected chi connectivity index (χ0v) is 10.0. The maximum atomic E-state index is 11.4. The van der Waals surface area contributed by atoms with Crippen LogP contribution in [-0.2, 0) is 9.53 Å². The molecule has 2 atom stereocenters. The van der Waals surface area contributed by atoms with Gasteiger partial charge in [-0.2, -0.15) is 0 Å². The number of ether oxygens (including phenoxy) is 1. The molecule has 0 amide bonds. The van der Waals surface area contributed by atoms with Crippen molar-refractivity contribution in [2.24, 2.45) is 5.92 Å². The predicted molar refractivity (Wildman–Crippen MR) is 59.8 cm³/mol. The second-order valence-electron chi connectivity index (χ2n) is 3.43. The minimum Gasteiger partial charge on any atom is -0.469 e. The van der Waals surface area contributed by atoms with Gasteiger partial charge in [-0.25, -0.2) is 0 Å². The molecule has 3 nitrogen and oxygen atoms in total. The summed E-state index contributed by atoms with van der Waals surface area (Å²) in [6.07, 6.45) is -0.175. The fourth-order valence-electron chi connectivity index (χ4n) is 1.48.